The zero-order chi connectivity index (χ0) is 24.5. The lowest BCUT2D eigenvalue weighted by Crippen LogP contribution is -2.37. The van der Waals surface area contributed by atoms with Crippen molar-refractivity contribution < 1.29 is 0 Å². The number of thioether (sulfide) groups is 1. The molecule has 1 heterocycles. The number of rotatable bonds is 19. The molecule has 0 radical (unpaired) electrons. The highest BCUT2D eigenvalue weighted by Gasteiger charge is 2.13. The minimum absolute atomic E-state index is 0.120. The van der Waals surface area contributed by atoms with E-state index < -0.39 is 0 Å². The topological polar surface area (TPSA) is 87.7 Å². The molecule has 0 fully saturated rings. The fraction of sp³-hybridized carbons (Fsp3) is 0.741. The van der Waals surface area contributed by atoms with Crippen molar-refractivity contribution in [3.05, 3.63) is 30.1 Å². The third kappa shape index (κ3) is 15.8. The Kier molecular flexibility index (Phi) is 15.9. The Morgan fingerprint density at radius 1 is 1.00 bits per heavy atom. The summed E-state index contributed by atoms with van der Waals surface area (Å²) in [6, 6.07) is 1.53. The average molecular weight is 476 g/mol. The van der Waals surface area contributed by atoms with Crippen LogP contribution in [0.5, 0.6) is 0 Å². The highest BCUT2D eigenvalue weighted by Crippen LogP contribution is 2.22. The SMILES string of the molecule is CC(=CCSCC(Nc1ncccn1)C(=N)N)CCCC(C)CCCC(C)CCCC(C)C. The van der Waals surface area contributed by atoms with E-state index in [0.29, 0.717) is 5.95 Å². The first-order chi connectivity index (χ1) is 15.8. The van der Waals surface area contributed by atoms with E-state index in [1.165, 1.54) is 63.4 Å². The molecule has 1 aromatic rings. The van der Waals surface area contributed by atoms with E-state index in [-0.39, 0.29) is 11.9 Å². The molecule has 0 spiro atoms. The Labute approximate surface area is 207 Å². The molecule has 3 unspecified atom stereocenters. The molecular weight excluding hydrogens is 426 g/mol. The lowest BCUT2D eigenvalue weighted by Gasteiger charge is -2.16. The van der Waals surface area contributed by atoms with Crippen LogP contribution in [0, 0.1) is 23.2 Å². The van der Waals surface area contributed by atoms with E-state index in [2.05, 4.69) is 56.0 Å². The van der Waals surface area contributed by atoms with Crippen LogP contribution in [0.25, 0.3) is 0 Å². The summed E-state index contributed by atoms with van der Waals surface area (Å²) in [5.41, 5.74) is 7.21. The zero-order valence-corrected chi connectivity index (χ0v) is 22.6. The number of anilines is 1. The molecule has 4 N–H and O–H groups in total. The van der Waals surface area contributed by atoms with E-state index in [1.807, 2.05) is 0 Å². The maximum absolute atomic E-state index is 7.80. The fourth-order valence-corrected chi connectivity index (χ4v) is 4.97. The van der Waals surface area contributed by atoms with Gasteiger partial charge in [0.25, 0.3) is 0 Å². The van der Waals surface area contributed by atoms with Crippen LogP contribution in [0.15, 0.2) is 30.1 Å². The average Bonchev–Trinajstić information content (AvgIpc) is 2.76. The number of aromatic nitrogens is 2. The molecule has 188 valence electrons. The largest absolute Gasteiger partial charge is 0.386 e. The quantitative estimate of drug-likeness (QED) is 0.0844. The van der Waals surface area contributed by atoms with Crippen LogP contribution < -0.4 is 11.1 Å². The van der Waals surface area contributed by atoms with Gasteiger partial charge in [-0.25, -0.2) is 9.97 Å². The van der Waals surface area contributed by atoms with Crippen molar-refractivity contribution in [3.8, 4) is 0 Å². The van der Waals surface area contributed by atoms with E-state index in [1.54, 1.807) is 30.2 Å². The summed E-state index contributed by atoms with van der Waals surface area (Å²) < 4.78 is 0. The molecule has 6 heteroatoms. The molecule has 3 atom stereocenters. The van der Waals surface area contributed by atoms with Crippen molar-refractivity contribution in [2.45, 2.75) is 98.4 Å². The molecule has 33 heavy (non-hydrogen) atoms. The van der Waals surface area contributed by atoms with E-state index in [9.17, 15) is 0 Å². The van der Waals surface area contributed by atoms with Gasteiger partial charge < -0.3 is 11.1 Å². The van der Waals surface area contributed by atoms with Crippen molar-refractivity contribution in [2.75, 3.05) is 16.8 Å². The molecule has 0 bridgehead atoms. The van der Waals surface area contributed by atoms with Crippen molar-refractivity contribution in [1.82, 2.24) is 9.97 Å². The number of nitrogens with zero attached hydrogens (tertiary/aromatic N) is 2. The van der Waals surface area contributed by atoms with Crippen LogP contribution >= 0.6 is 11.8 Å². The number of nitrogens with one attached hydrogen (secondary N) is 2. The Balaban J connectivity index is 2.14. The molecule has 1 rings (SSSR count). The first-order valence-electron chi connectivity index (χ1n) is 12.9. The highest BCUT2D eigenvalue weighted by molar-refractivity contribution is 7.99. The fourth-order valence-electron chi connectivity index (χ4n) is 3.94. The summed E-state index contributed by atoms with van der Waals surface area (Å²) in [4.78, 5) is 8.31. The molecule has 1 aromatic heterocycles. The Morgan fingerprint density at radius 3 is 2.15 bits per heavy atom. The summed E-state index contributed by atoms with van der Waals surface area (Å²) in [6.45, 7) is 11.7. The molecule has 5 nitrogen and oxygen atoms in total. The predicted molar refractivity (Wildman–Crippen MR) is 147 cm³/mol. The molecule has 0 aliphatic rings. The standard InChI is InChI=1S/C27H49N5S/c1-21(2)10-6-11-22(3)12-7-13-23(4)14-8-15-24(5)16-19-33-20-25(26(28)29)32-27-30-17-9-18-31-27/h9,16-18,21-23,25H,6-8,10-15,19-20H2,1-5H3,(H3,28,29)(H,30,31,32). The van der Waals surface area contributed by atoms with Crippen LogP contribution in [-0.4, -0.2) is 33.4 Å². The Morgan fingerprint density at radius 2 is 1.58 bits per heavy atom. The van der Waals surface area contributed by atoms with Gasteiger partial charge in [0.15, 0.2) is 0 Å². The number of amidine groups is 1. The summed E-state index contributed by atoms with van der Waals surface area (Å²) in [5, 5.41) is 10.9. The molecule has 0 aliphatic carbocycles. The summed E-state index contributed by atoms with van der Waals surface area (Å²) in [6.07, 6.45) is 17.8. The Hall–Kier alpha value is -1.56. The molecule has 0 aromatic carbocycles. The number of nitrogens with two attached hydrogens (primary N) is 1. The first-order valence-corrected chi connectivity index (χ1v) is 14.0. The summed E-state index contributed by atoms with van der Waals surface area (Å²) >= 11 is 1.78. The highest BCUT2D eigenvalue weighted by atomic mass is 32.2. The monoisotopic (exact) mass is 475 g/mol. The lowest BCUT2D eigenvalue weighted by atomic mass is 9.91. The van der Waals surface area contributed by atoms with Crippen molar-refractivity contribution in [1.29, 1.82) is 5.41 Å². The minimum atomic E-state index is -0.245. The molecule has 0 saturated carbocycles. The van der Waals surface area contributed by atoms with E-state index in [0.717, 1.165) is 29.3 Å². The normalized spacial score (nSPS) is 14.8. The van der Waals surface area contributed by atoms with Crippen molar-refractivity contribution in [2.24, 2.45) is 23.5 Å². The van der Waals surface area contributed by atoms with Gasteiger partial charge in [0.2, 0.25) is 5.95 Å². The molecular formula is C27H49N5S. The van der Waals surface area contributed by atoms with Gasteiger partial charge in [-0.2, -0.15) is 11.8 Å². The third-order valence-electron chi connectivity index (χ3n) is 6.22. The van der Waals surface area contributed by atoms with E-state index >= 15 is 0 Å². The van der Waals surface area contributed by atoms with Gasteiger partial charge in [0.05, 0.1) is 6.04 Å². The van der Waals surface area contributed by atoms with Gasteiger partial charge in [-0.15, -0.1) is 0 Å². The second-order valence-electron chi connectivity index (χ2n) is 10.2. The van der Waals surface area contributed by atoms with Gasteiger partial charge in [-0.05, 0) is 43.6 Å². The van der Waals surface area contributed by atoms with Crippen molar-refractivity contribution >= 4 is 23.5 Å². The van der Waals surface area contributed by atoms with Gasteiger partial charge in [-0.3, -0.25) is 5.41 Å². The zero-order valence-electron chi connectivity index (χ0n) is 21.8. The number of hydrogen-bond acceptors (Lipinski definition) is 5. The maximum Gasteiger partial charge on any atom is 0.223 e. The summed E-state index contributed by atoms with van der Waals surface area (Å²) in [5.74, 6) is 4.86. The van der Waals surface area contributed by atoms with Crippen LogP contribution in [0.1, 0.15) is 92.4 Å². The molecule has 0 saturated heterocycles. The Bertz CT molecular complexity index is 662. The van der Waals surface area contributed by atoms with Gasteiger partial charge in [-0.1, -0.05) is 84.3 Å². The van der Waals surface area contributed by atoms with Gasteiger partial charge in [0.1, 0.15) is 5.84 Å². The minimum Gasteiger partial charge on any atom is -0.386 e. The molecule has 0 aliphatic heterocycles. The van der Waals surface area contributed by atoms with Crippen LogP contribution in [0.3, 0.4) is 0 Å². The van der Waals surface area contributed by atoms with Gasteiger partial charge >= 0.3 is 0 Å². The summed E-state index contributed by atoms with van der Waals surface area (Å²) in [7, 11) is 0. The second kappa shape index (κ2) is 17.9. The smallest absolute Gasteiger partial charge is 0.223 e. The van der Waals surface area contributed by atoms with Crippen LogP contribution in [-0.2, 0) is 0 Å². The third-order valence-corrected chi connectivity index (χ3v) is 7.19. The van der Waals surface area contributed by atoms with Gasteiger partial charge in [0, 0.05) is 23.9 Å². The van der Waals surface area contributed by atoms with E-state index in [4.69, 9.17) is 11.1 Å². The number of hydrogen-bond donors (Lipinski definition) is 3. The van der Waals surface area contributed by atoms with Crippen molar-refractivity contribution in [3.63, 3.8) is 0 Å². The predicted octanol–water partition coefficient (Wildman–Crippen LogP) is 7.31. The number of allylic oxidation sites excluding steroid dienone is 1. The maximum atomic E-state index is 7.80. The lowest BCUT2D eigenvalue weighted by molar-refractivity contribution is 0.389. The van der Waals surface area contributed by atoms with Crippen LogP contribution in [0.2, 0.25) is 0 Å². The second-order valence-corrected chi connectivity index (χ2v) is 11.2. The first kappa shape index (κ1) is 29.5. The molecule has 0 amide bonds. The van der Waals surface area contributed by atoms with Crippen LogP contribution in [0.4, 0.5) is 5.95 Å².